The summed E-state index contributed by atoms with van der Waals surface area (Å²) in [6.07, 6.45) is 1.47. The zero-order chi connectivity index (χ0) is 19.5. The summed E-state index contributed by atoms with van der Waals surface area (Å²) in [7, 11) is 0. The van der Waals surface area contributed by atoms with Crippen LogP contribution in [-0.2, 0) is 9.53 Å². The maximum atomic E-state index is 14.1. The number of carbonyl (C=O) groups is 1. The van der Waals surface area contributed by atoms with Gasteiger partial charge in [0.05, 0.1) is 0 Å². The Bertz CT molecular complexity index is 1090. The number of benzene rings is 3. The van der Waals surface area contributed by atoms with Crippen molar-refractivity contribution in [3.8, 4) is 11.5 Å². The van der Waals surface area contributed by atoms with Crippen LogP contribution < -0.4 is 4.74 Å². The molecule has 4 rings (SSSR count). The summed E-state index contributed by atoms with van der Waals surface area (Å²) < 4.78 is 37.8. The molecule has 0 N–H and O–H groups in total. The fourth-order valence-corrected chi connectivity index (χ4v) is 2.59. The number of esters is 1. The Hall–Kier alpha value is -3.80. The summed E-state index contributed by atoms with van der Waals surface area (Å²) in [4.78, 5) is 16.2. The number of aliphatic imine (C=N–C) groups is 1. The molecule has 0 fully saturated rings. The van der Waals surface area contributed by atoms with Gasteiger partial charge in [0.15, 0.2) is 17.3 Å². The molecule has 1 aliphatic heterocycles. The fraction of sp³-hybridized carbons (Fsp3) is 0. The SMILES string of the molecule is O=C1OC(c2ccc(F)cc2)=N/C1=C/c1ccc(F)c(Oc2ccccc2)c1. The summed E-state index contributed by atoms with van der Waals surface area (Å²) in [5.41, 5.74) is 1.05. The maximum absolute atomic E-state index is 14.1. The average Bonchev–Trinajstić information content (AvgIpc) is 3.06. The molecule has 1 aliphatic rings. The van der Waals surface area contributed by atoms with E-state index in [1.807, 2.05) is 6.07 Å². The highest BCUT2D eigenvalue weighted by Gasteiger charge is 2.24. The second kappa shape index (κ2) is 7.44. The third-order valence-electron chi connectivity index (χ3n) is 3.94. The molecule has 0 saturated carbocycles. The average molecular weight is 377 g/mol. The third kappa shape index (κ3) is 3.81. The molecular weight excluding hydrogens is 364 g/mol. The van der Waals surface area contributed by atoms with Crippen molar-refractivity contribution in [3.63, 3.8) is 0 Å². The van der Waals surface area contributed by atoms with Gasteiger partial charge in [-0.1, -0.05) is 24.3 Å². The molecule has 1 heterocycles. The molecule has 0 atom stereocenters. The zero-order valence-corrected chi connectivity index (χ0v) is 14.4. The second-order valence-electron chi connectivity index (χ2n) is 5.95. The van der Waals surface area contributed by atoms with Gasteiger partial charge in [-0.15, -0.1) is 0 Å². The molecule has 4 nitrogen and oxygen atoms in total. The van der Waals surface area contributed by atoms with E-state index < -0.39 is 17.6 Å². The van der Waals surface area contributed by atoms with Crippen LogP contribution in [0.25, 0.3) is 6.08 Å². The molecule has 28 heavy (non-hydrogen) atoms. The Labute approximate surface area is 159 Å². The Morgan fingerprint density at radius 3 is 2.43 bits per heavy atom. The van der Waals surface area contributed by atoms with Gasteiger partial charge in [-0.05, 0) is 60.2 Å². The number of hydrogen-bond donors (Lipinski definition) is 0. The smallest absolute Gasteiger partial charge is 0.363 e. The number of nitrogens with zero attached hydrogens (tertiary/aromatic N) is 1. The van der Waals surface area contributed by atoms with Crippen LogP contribution in [0.15, 0.2) is 83.5 Å². The van der Waals surface area contributed by atoms with Crippen LogP contribution in [0.4, 0.5) is 8.78 Å². The predicted molar refractivity (Wildman–Crippen MR) is 99.9 cm³/mol. The van der Waals surface area contributed by atoms with Gasteiger partial charge < -0.3 is 9.47 Å². The predicted octanol–water partition coefficient (Wildman–Crippen LogP) is 5.10. The van der Waals surface area contributed by atoms with Gasteiger partial charge >= 0.3 is 5.97 Å². The number of cyclic esters (lactones) is 1. The van der Waals surface area contributed by atoms with Gasteiger partial charge in [-0.2, -0.15) is 0 Å². The molecule has 6 heteroatoms. The van der Waals surface area contributed by atoms with Gasteiger partial charge in [-0.25, -0.2) is 18.6 Å². The van der Waals surface area contributed by atoms with E-state index in [0.29, 0.717) is 16.9 Å². The third-order valence-corrected chi connectivity index (χ3v) is 3.94. The van der Waals surface area contributed by atoms with E-state index in [4.69, 9.17) is 9.47 Å². The van der Waals surface area contributed by atoms with Crippen LogP contribution in [0, 0.1) is 11.6 Å². The van der Waals surface area contributed by atoms with Crippen LogP contribution in [0.5, 0.6) is 11.5 Å². The van der Waals surface area contributed by atoms with Crippen molar-refractivity contribution in [3.05, 3.63) is 101 Å². The van der Waals surface area contributed by atoms with E-state index in [0.717, 1.165) is 0 Å². The molecule has 0 spiro atoms. The minimum atomic E-state index is -0.644. The topological polar surface area (TPSA) is 47.9 Å². The number of hydrogen-bond acceptors (Lipinski definition) is 4. The number of rotatable bonds is 4. The standard InChI is InChI=1S/C22H13F2NO3/c23-16-9-7-15(8-10-16)21-25-19(22(26)28-21)12-14-6-11-18(24)20(13-14)27-17-4-2-1-3-5-17/h1-13H/b19-12+. The first-order chi connectivity index (χ1) is 13.6. The molecule has 0 bridgehead atoms. The van der Waals surface area contributed by atoms with E-state index in [2.05, 4.69) is 4.99 Å². The molecule has 0 saturated heterocycles. The lowest BCUT2D eigenvalue weighted by atomic mass is 10.1. The van der Waals surface area contributed by atoms with Crippen molar-refractivity contribution in [2.75, 3.05) is 0 Å². The molecule has 0 unspecified atom stereocenters. The van der Waals surface area contributed by atoms with Gasteiger partial charge in [0.1, 0.15) is 11.6 Å². The fourth-order valence-electron chi connectivity index (χ4n) is 2.59. The van der Waals surface area contributed by atoms with E-state index in [1.54, 1.807) is 24.3 Å². The van der Waals surface area contributed by atoms with Gasteiger partial charge in [0, 0.05) is 5.56 Å². The summed E-state index contributed by atoms with van der Waals surface area (Å²) in [5.74, 6) is -0.983. The Morgan fingerprint density at radius 1 is 0.929 bits per heavy atom. The van der Waals surface area contributed by atoms with Crippen molar-refractivity contribution in [1.82, 2.24) is 0 Å². The van der Waals surface area contributed by atoms with Crippen molar-refractivity contribution < 1.29 is 23.0 Å². The molecule has 0 amide bonds. The summed E-state index contributed by atoms with van der Waals surface area (Å²) >= 11 is 0. The van der Waals surface area contributed by atoms with Gasteiger partial charge in [0.25, 0.3) is 0 Å². The molecule has 0 aromatic heterocycles. The highest BCUT2D eigenvalue weighted by molar-refractivity contribution is 6.12. The van der Waals surface area contributed by atoms with Crippen LogP contribution >= 0.6 is 0 Å². The van der Waals surface area contributed by atoms with Crippen molar-refractivity contribution in [1.29, 1.82) is 0 Å². The summed E-state index contributed by atoms with van der Waals surface area (Å²) in [5, 5.41) is 0. The van der Waals surface area contributed by atoms with Crippen LogP contribution in [0.3, 0.4) is 0 Å². The van der Waals surface area contributed by atoms with Gasteiger partial charge in [0.2, 0.25) is 5.90 Å². The molecular formula is C22H13F2NO3. The van der Waals surface area contributed by atoms with E-state index in [9.17, 15) is 13.6 Å². The van der Waals surface area contributed by atoms with Crippen LogP contribution in [-0.4, -0.2) is 11.9 Å². The van der Waals surface area contributed by atoms with Crippen LogP contribution in [0.1, 0.15) is 11.1 Å². The molecule has 0 aliphatic carbocycles. The maximum Gasteiger partial charge on any atom is 0.363 e. The minimum absolute atomic E-state index is 0.0228. The largest absolute Gasteiger partial charge is 0.454 e. The zero-order valence-electron chi connectivity index (χ0n) is 14.4. The van der Waals surface area contributed by atoms with E-state index >= 15 is 0 Å². The molecule has 3 aromatic carbocycles. The lowest BCUT2D eigenvalue weighted by molar-refractivity contribution is -0.129. The number of halogens is 2. The first-order valence-corrected chi connectivity index (χ1v) is 8.39. The molecule has 138 valence electrons. The summed E-state index contributed by atoms with van der Waals surface area (Å²) in [6.45, 7) is 0. The number of carbonyl (C=O) groups excluding carboxylic acids is 1. The Balaban J connectivity index is 1.62. The van der Waals surface area contributed by atoms with Crippen molar-refractivity contribution >= 4 is 17.9 Å². The van der Waals surface area contributed by atoms with E-state index in [1.165, 1.54) is 48.5 Å². The number of para-hydroxylation sites is 1. The first kappa shape index (κ1) is 17.6. The normalized spacial score (nSPS) is 14.7. The Morgan fingerprint density at radius 2 is 1.68 bits per heavy atom. The monoisotopic (exact) mass is 377 g/mol. The van der Waals surface area contributed by atoms with E-state index in [-0.39, 0.29) is 17.3 Å². The van der Waals surface area contributed by atoms with Crippen LogP contribution in [0.2, 0.25) is 0 Å². The Kier molecular flexibility index (Phi) is 4.68. The first-order valence-electron chi connectivity index (χ1n) is 8.39. The van der Waals surface area contributed by atoms with Crippen molar-refractivity contribution in [2.45, 2.75) is 0 Å². The second-order valence-corrected chi connectivity index (χ2v) is 5.95. The number of ether oxygens (including phenoxy) is 2. The highest BCUT2D eigenvalue weighted by atomic mass is 19.1. The minimum Gasteiger partial charge on any atom is -0.454 e. The van der Waals surface area contributed by atoms with Gasteiger partial charge in [-0.3, -0.25) is 0 Å². The summed E-state index contributed by atoms with van der Waals surface area (Å²) in [6, 6.07) is 18.4. The quantitative estimate of drug-likeness (QED) is 0.469. The lowest BCUT2D eigenvalue weighted by Crippen LogP contribution is -2.05. The highest BCUT2D eigenvalue weighted by Crippen LogP contribution is 2.27. The molecule has 0 radical (unpaired) electrons. The molecule has 3 aromatic rings. The van der Waals surface area contributed by atoms with Crippen molar-refractivity contribution in [2.24, 2.45) is 4.99 Å². The lowest BCUT2D eigenvalue weighted by Gasteiger charge is -2.07.